The smallest absolute Gasteiger partial charge is 0.0738 e. The summed E-state index contributed by atoms with van der Waals surface area (Å²) in [6.45, 7) is 1.99. The number of nitrogens with zero attached hydrogens (tertiary/aromatic N) is 3. The van der Waals surface area contributed by atoms with Crippen molar-refractivity contribution in [3.63, 3.8) is 0 Å². The molecule has 0 saturated heterocycles. The molecule has 19 heavy (non-hydrogen) atoms. The molecule has 0 fully saturated rings. The van der Waals surface area contributed by atoms with E-state index in [-0.39, 0.29) is 6.04 Å². The third-order valence-corrected chi connectivity index (χ3v) is 4.25. The second kappa shape index (κ2) is 6.30. The summed E-state index contributed by atoms with van der Waals surface area (Å²) in [5, 5.41) is 4.38. The first-order valence-corrected chi connectivity index (χ1v) is 7.20. The van der Waals surface area contributed by atoms with Gasteiger partial charge in [0.05, 0.1) is 15.9 Å². The van der Waals surface area contributed by atoms with Crippen LogP contribution in [0.4, 0.5) is 0 Å². The van der Waals surface area contributed by atoms with Crippen molar-refractivity contribution < 1.29 is 0 Å². The predicted molar refractivity (Wildman–Crippen MR) is 79.9 cm³/mol. The number of halogens is 1. The van der Waals surface area contributed by atoms with Gasteiger partial charge in [0.1, 0.15) is 0 Å². The van der Waals surface area contributed by atoms with Crippen molar-refractivity contribution in [1.82, 2.24) is 14.8 Å². The Morgan fingerprint density at radius 2 is 2.21 bits per heavy atom. The summed E-state index contributed by atoms with van der Waals surface area (Å²) in [6.07, 6.45) is 4.48. The van der Waals surface area contributed by atoms with Gasteiger partial charge in [0, 0.05) is 31.4 Å². The lowest BCUT2D eigenvalue weighted by atomic mass is 10.0. The molecule has 0 aliphatic rings. The Morgan fingerprint density at radius 3 is 2.79 bits per heavy atom. The second-order valence-corrected chi connectivity index (χ2v) is 5.59. The van der Waals surface area contributed by atoms with E-state index in [0.29, 0.717) is 0 Å². The van der Waals surface area contributed by atoms with Crippen LogP contribution in [0.5, 0.6) is 0 Å². The van der Waals surface area contributed by atoms with E-state index in [9.17, 15) is 0 Å². The van der Waals surface area contributed by atoms with Crippen LogP contribution in [0.3, 0.4) is 0 Å². The molecule has 4 nitrogen and oxygen atoms in total. The van der Waals surface area contributed by atoms with Crippen molar-refractivity contribution in [3.05, 3.63) is 46.0 Å². The summed E-state index contributed by atoms with van der Waals surface area (Å²) in [5.74, 6) is 0. The third-order valence-electron chi connectivity index (χ3n) is 3.21. The van der Waals surface area contributed by atoms with E-state index >= 15 is 0 Å². The zero-order chi connectivity index (χ0) is 13.8. The molecular formula is C14H19BrN4. The number of hydrogen-bond donors (Lipinski definition) is 1. The van der Waals surface area contributed by atoms with E-state index in [4.69, 9.17) is 5.73 Å². The van der Waals surface area contributed by atoms with E-state index in [0.717, 1.165) is 40.8 Å². The SMILES string of the molecule is Cc1nn(C)c(CC(N)CCc2ccccn2)c1Br. The Bertz CT molecular complexity index is 536. The molecule has 2 aromatic rings. The van der Waals surface area contributed by atoms with Crippen LogP contribution < -0.4 is 5.73 Å². The maximum atomic E-state index is 6.21. The highest BCUT2D eigenvalue weighted by Gasteiger charge is 2.14. The molecule has 0 bridgehead atoms. The topological polar surface area (TPSA) is 56.7 Å². The summed E-state index contributed by atoms with van der Waals surface area (Å²) in [6, 6.07) is 6.10. The lowest BCUT2D eigenvalue weighted by Crippen LogP contribution is -2.25. The molecule has 0 aliphatic heterocycles. The fourth-order valence-corrected chi connectivity index (χ4v) is 2.63. The Morgan fingerprint density at radius 1 is 1.42 bits per heavy atom. The van der Waals surface area contributed by atoms with Gasteiger partial charge in [0.15, 0.2) is 0 Å². The van der Waals surface area contributed by atoms with Gasteiger partial charge in [0.2, 0.25) is 0 Å². The van der Waals surface area contributed by atoms with Crippen LogP contribution in [0.1, 0.15) is 23.5 Å². The van der Waals surface area contributed by atoms with E-state index in [1.807, 2.05) is 43.0 Å². The van der Waals surface area contributed by atoms with Crippen LogP contribution in [0.25, 0.3) is 0 Å². The van der Waals surface area contributed by atoms with E-state index in [1.54, 1.807) is 0 Å². The molecule has 1 atom stereocenters. The molecule has 102 valence electrons. The standard InChI is InChI=1S/C14H19BrN4/c1-10-14(15)13(19(2)18-10)9-11(16)6-7-12-5-3-4-8-17-12/h3-5,8,11H,6-7,9,16H2,1-2H3. The van der Waals surface area contributed by atoms with E-state index in [1.165, 1.54) is 0 Å². The average Bonchev–Trinajstić information content (AvgIpc) is 2.64. The number of hydrogen-bond acceptors (Lipinski definition) is 3. The molecule has 2 aromatic heterocycles. The van der Waals surface area contributed by atoms with Gasteiger partial charge in [-0.25, -0.2) is 0 Å². The van der Waals surface area contributed by atoms with E-state index in [2.05, 4.69) is 26.0 Å². The van der Waals surface area contributed by atoms with Crippen LogP contribution in [-0.2, 0) is 19.9 Å². The van der Waals surface area contributed by atoms with Crippen molar-refractivity contribution in [3.8, 4) is 0 Å². The zero-order valence-electron chi connectivity index (χ0n) is 11.3. The molecule has 0 aromatic carbocycles. The normalized spacial score (nSPS) is 12.6. The molecule has 5 heteroatoms. The lowest BCUT2D eigenvalue weighted by molar-refractivity contribution is 0.573. The molecule has 2 N–H and O–H groups in total. The van der Waals surface area contributed by atoms with Gasteiger partial charge in [0.25, 0.3) is 0 Å². The highest BCUT2D eigenvalue weighted by molar-refractivity contribution is 9.10. The third kappa shape index (κ3) is 3.64. The van der Waals surface area contributed by atoms with Gasteiger partial charge >= 0.3 is 0 Å². The van der Waals surface area contributed by atoms with Gasteiger partial charge in [-0.2, -0.15) is 5.10 Å². The quantitative estimate of drug-likeness (QED) is 0.919. The first-order chi connectivity index (χ1) is 9.08. The Labute approximate surface area is 122 Å². The summed E-state index contributed by atoms with van der Waals surface area (Å²) in [5.41, 5.74) is 9.47. The Balaban J connectivity index is 1.92. The van der Waals surface area contributed by atoms with Crippen LogP contribution in [0.2, 0.25) is 0 Å². The molecule has 0 spiro atoms. The maximum Gasteiger partial charge on any atom is 0.0738 e. The van der Waals surface area contributed by atoms with E-state index < -0.39 is 0 Å². The Kier molecular flexibility index (Phi) is 4.71. The minimum Gasteiger partial charge on any atom is -0.327 e. The number of nitrogens with two attached hydrogens (primary N) is 1. The predicted octanol–water partition coefficient (Wildman–Crippen LogP) is 2.39. The maximum absolute atomic E-state index is 6.21. The molecule has 0 saturated carbocycles. The fraction of sp³-hybridized carbons (Fsp3) is 0.429. The molecular weight excluding hydrogens is 304 g/mol. The lowest BCUT2D eigenvalue weighted by Gasteiger charge is -2.12. The van der Waals surface area contributed by atoms with Gasteiger partial charge in [-0.3, -0.25) is 9.67 Å². The zero-order valence-corrected chi connectivity index (χ0v) is 12.9. The van der Waals surface area contributed by atoms with Crippen molar-refractivity contribution in [1.29, 1.82) is 0 Å². The molecule has 0 radical (unpaired) electrons. The van der Waals surface area contributed by atoms with Crippen LogP contribution in [0, 0.1) is 6.92 Å². The average molecular weight is 323 g/mol. The van der Waals surface area contributed by atoms with Gasteiger partial charge in [-0.1, -0.05) is 6.07 Å². The Hall–Kier alpha value is -1.20. The largest absolute Gasteiger partial charge is 0.327 e. The summed E-state index contributed by atoms with van der Waals surface area (Å²) in [7, 11) is 1.96. The van der Waals surface area contributed by atoms with Crippen LogP contribution in [0.15, 0.2) is 28.9 Å². The van der Waals surface area contributed by atoms with Gasteiger partial charge in [-0.05, 0) is 47.8 Å². The van der Waals surface area contributed by atoms with Crippen molar-refractivity contribution in [2.45, 2.75) is 32.2 Å². The molecule has 0 aliphatic carbocycles. The number of rotatable bonds is 5. The first-order valence-electron chi connectivity index (χ1n) is 6.41. The monoisotopic (exact) mass is 322 g/mol. The number of aryl methyl sites for hydroxylation is 3. The summed E-state index contributed by atoms with van der Waals surface area (Å²) < 4.78 is 2.98. The second-order valence-electron chi connectivity index (χ2n) is 4.79. The highest BCUT2D eigenvalue weighted by atomic mass is 79.9. The van der Waals surface area contributed by atoms with Crippen molar-refractivity contribution in [2.24, 2.45) is 12.8 Å². The van der Waals surface area contributed by atoms with Crippen LogP contribution in [-0.4, -0.2) is 20.8 Å². The first kappa shape index (κ1) is 14.2. The van der Waals surface area contributed by atoms with Crippen molar-refractivity contribution >= 4 is 15.9 Å². The molecule has 2 rings (SSSR count). The minimum absolute atomic E-state index is 0.119. The highest BCUT2D eigenvalue weighted by Crippen LogP contribution is 2.21. The van der Waals surface area contributed by atoms with Crippen LogP contribution >= 0.6 is 15.9 Å². The molecule has 1 unspecified atom stereocenters. The minimum atomic E-state index is 0.119. The molecule has 0 amide bonds. The fourth-order valence-electron chi connectivity index (χ4n) is 2.13. The van der Waals surface area contributed by atoms with Gasteiger partial charge < -0.3 is 5.73 Å². The van der Waals surface area contributed by atoms with Crippen molar-refractivity contribution in [2.75, 3.05) is 0 Å². The van der Waals surface area contributed by atoms with Gasteiger partial charge in [-0.15, -0.1) is 0 Å². The summed E-state index contributed by atoms with van der Waals surface area (Å²) in [4.78, 5) is 4.31. The summed E-state index contributed by atoms with van der Waals surface area (Å²) >= 11 is 3.57. The molecule has 2 heterocycles. The number of pyridine rings is 1. The number of aromatic nitrogens is 3.